The Labute approximate surface area is 89.8 Å². The van der Waals surface area contributed by atoms with Gasteiger partial charge in [-0.25, -0.2) is 0 Å². The van der Waals surface area contributed by atoms with E-state index < -0.39 is 0 Å². The zero-order valence-corrected chi connectivity index (χ0v) is 10.3. The molecule has 0 radical (unpaired) electrons. The Kier molecular flexibility index (Phi) is 5.41. The van der Waals surface area contributed by atoms with Crippen molar-refractivity contribution in [3.63, 3.8) is 0 Å². The lowest BCUT2D eigenvalue weighted by molar-refractivity contribution is 0.415. The van der Waals surface area contributed by atoms with Gasteiger partial charge in [0.25, 0.3) is 0 Å². The van der Waals surface area contributed by atoms with Gasteiger partial charge in [-0.1, -0.05) is 36.6 Å². The van der Waals surface area contributed by atoms with Crippen molar-refractivity contribution in [2.75, 3.05) is 18.6 Å². The van der Waals surface area contributed by atoms with Crippen LogP contribution in [0.1, 0.15) is 6.42 Å². The Morgan fingerprint density at radius 2 is 2.00 bits per heavy atom. The van der Waals surface area contributed by atoms with Gasteiger partial charge in [0.15, 0.2) is 0 Å². The molecule has 0 saturated carbocycles. The molecular formula is C10H14BrOP. The van der Waals surface area contributed by atoms with E-state index in [4.69, 9.17) is 4.74 Å². The molecule has 3 heteroatoms. The van der Waals surface area contributed by atoms with Crippen LogP contribution in [0.4, 0.5) is 0 Å². The fourth-order valence-electron chi connectivity index (χ4n) is 1.01. The zero-order chi connectivity index (χ0) is 9.52. The predicted molar refractivity (Wildman–Crippen MR) is 64.2 cm³/mol. The largest absolute Gasteiger partial charge is 0.497 e. The molecule has 0 aliphatic heterocycles. The van der Waals surface area contributed by atoms with Gasteiger partial charge in [0.05, 0.1) is 7.11 Å². The first-order valence-electron chi connectivity index (χ1n) is 4.30. The van der Waals surface area contributed by atoms with Crippen LogP contribution in [-0.4, -0.2) is 18.6 Å². The van der Waals surface area contributed by atoms with Gasteiger partial charge < -0.3 is 4.74 Å². The van der Waals surface area contributed by atoms with E-state index >= 15 is 0 Å². The summed E-state index contributed by atoms with van der Waals surface area (Å²) in [6, 6.07) is 8.34. The van der Waals surface area contributed by atoms with Crippen molar-refractivity contribution in [3.8, 4) is 5.75 Å². The Balaban J connectivity index is 2.40. The standard InChI is InChI=1S/C10H14BrOP/c1-12-9-3-5-10(6-4-9)13-8-2-7-11/h3-6,13H,2,7-8H2,1H3. The van der Waals surface area contributed by atoms with E-state index in [1.807, 2.05) is 12.1 Å². The van der Waals surface area contributed by atoms with Crippen LogP contribution >= 0.6 is 24.5 Å². The van der Waals surface area contributed by atoms with E-state index in [1.54, 1.807) is 7.11 Å². The van der Waals surface area contributed by atoms with Gasteiger partial charge in [-0.05, 0) is 30.0 Å². The molecule has 13 heavy (non-hydrogen) atoms. The van der Waals surface area contributed by atoms with Gasteiger partial charge in [-0.3, -0.25) is 0 Å². The van der Waals surface area contributed by atoms with E-state index in [0.29, 0.717) is 0 Å². The smallest absolute Gasteiger partial charge is 0.118 e. The van der Waals surface area contributed by atoms with Crippen molar-refractivity contribution >= 4 is 29.8 Å². The Bertz CT molecular complexity index is 235. The minimum absolute atomic E-state index is 0.924. The van der Waals surface area contributed by atoms with Crippen LogP contribution in [0.3, 0.4) is 0 Å². The molecule has 1 aromatic carbocycles. The second-order valence-electron chi connectivity index (χ2n) is 2.70. The first-order valence-corrected chi connectivity index (χ1v) is 6.63. The second-order valence-corrected chi connectivity index (χ2v) is 4.92. The summed E-state index contributed by atoms with van der Waals surface area (Å²) in [5.74, 6) is 0.939. The molecular weight excluding hydrogens is 247 g/mol. The fourth-order valence-corrected chi connectivity index (χ4v) is 2.85. The summed E-state index contributed by atoms with van der Waals surface area (Å²) < 4.78 is 5.09. The summed E-state index contributed by atoms with van der Waals surface area (Å²) in [6.07, 6.45) is 2.53. The summed E-state index contributed by atoms with van der Waals surface area (Å²) in [5, 5.41) is 2.53. The minimum atomic E-state index is 0.924. The van der Waals surface area contributed by atoms with Gasteiger partial charge in [0.2, 0.25) is 0 Å². The maximum absolute atomic E-state index is 5.09. The van der Waals surface area contributed by atoms with Crippen molar-refractivity contribution in [1.29, 1.82) is 0 Å². The van der Waals surface area contributed by atoms with Crippen molar-refractivity contribution in [3.05, 3.63) is 24.3 Å². The summed E-state index contributed by atoms with van der Waals surface area (Å²) >= 11 is 3.43. The lowest BCUT2D eigenvalue weighted by atomic mass is 10.3. The molecule has 1 aromatic rings. The van der Waals surface area contributed by atoms with Crippen LogP contribution in [0.2, 0.25) is 0 Å². The summed E-state index contributed by atoms with van der Waals surface area (Å²) in [4.78, 5) is 0. The molecule has 0 heterocycles. The van der Waals surface area contributed by atoms with Gasteiger partial charge in [0.1, 0.15) is 5.75 Å². The van der Waals surface area contributed by atoms with Gasteiger partial charge in [-0.15, -0.1) is 0 Å². The third kappa shape index (κ3) is 4.10. The Hall–Kier alpha value is -0.0700. The van der Waals surface area contributed by atoms with Crippen LogP contribution in [0.15, 0.2) is 24.3 Å². The van der Waals surface area contributed by atoms with Crippen molar-refractivity contribution in [2.45, 2.75) is 6.42 Å². The third-order valence-electron chi connectivity index (χ3n) is 1.73. The van der Waals surface area contributed by atoms with Crippen LogP contribution in [-0.2, 0) is 0 Å². The lowest BCUT2D eigenvalue weighted by Crippen LogP contribution is -1.95. The molecule has 0 amide bonds. The summed E-state index contributed by atoms with van der Waals surface area (Å²) in [7, 11) is 2.62. The molecule has 0 aliphatic carbocycles. The van der Waals surface area contributed by atoms with Gasteiger partial charge >= 0.3 is 0 Å². The molecule has 0 fully saturated rings. The van der Waals surface area contributed by atoms with Crippen molar-refractivity contribution < 1.29 is 4.74 Å². The quantitative estimate of drug-likeness (QED) is 0.450. The highest BCUT2D eigenvalue weighted by molar-refractivity contribution is 9.09. The molecule has 0 N–H and O–H groups in total. The first-order chi connectivity index (χ1) is 6.36. The van der Waals surface area contributed by atoms with E-state index in [2.05, 4.69) is 28.1 Å². The van der Waals surface area contributed by atoms with E-state index in [9.17, 15) is 0 Å². The van der Waals surface area contributed by atoms with Crippen LogP contribution in [0.5, 0.6) is 5.75 Å². The SMILES string of the molecule is COc1ccc(PCCCBr)cc1. The predicted octanol–water partition coefficient (Wildman–Crippen LogP) is 2.78. The molecule has 0 saturated heterocycles. The molecule has 1 unspecified atom stereocenters. The number of halogens is 1. The first kappa shape index (κ1) is 11.0. The molecule has 0 aliphatic rings. The molecule has 0 aromatic heterocycles. The topological polar surface area (TPSA) is 9.23 Å². The van der Waals surface area contributed by atoms with Crippen LogP contribution in [0, 0.1) is 0 Å². The number of benzene rings is 1. The van der Waals surface area contributed by atoms with Crippen molar-refractivity contribution in [1.82, 2.24) is 0 Å². The third-order valence-corrected chi connectivity index (χ3v) is 3.64. The number of methoxy groups -OCH3 is 1. The Morgan fingerprint density at radius 1 is 1.31 bits per heavy atom. The molecule has 0 bridgehead atoms. The number of hydrogen-bond acceptors (Lipinski definition) is 1. The number of rotatable bonds is 5. The number of alkyl halides is 1. The van der Waals surface area contributed by atoms with Crippen LogP contribution < -0.4 is 10.0 Å². The molecule has 1 atom stereocenters. The van der Waals surface area contributed by atoms with E-state index in [-0.39, 0.29) is 0 Å². The highest BCUT2D eigenvalue weighted by Gasteiger charge is 1.93. The van der Waals surface area contributed by atoms with Crippen molar-refractivity contribution in [2.24, 2.45) is 0 Å². The highest BCUT2D eigenvalue weighted by atomic mass is 79.9. The second kappa shape index (κ2) is 6.39. The summed E-state index contributed by atoms with van der Waals surface area (Å²) in [5.41, 5.74) is 0. The molecule has 0 spiro atoms. The highest BCUT2D eigenvalue weighted by Crippen LogP contribution is 2.15. The molecule has 1 rings (SSSR count). The van der Waals surface area contributed by atoms with Gasteiger partial charge in [-0.2, -0.15) is 0 Å². The minimum Gasteiger partial charge on any atom is -0.497 e. The fraction of sp³-hybridized carbons (Fsp3) is 0.400. The maximum atomic E-state index is 5.09. The average Bonchev–Trinajstić information content (AvgIpc) is 2.19. The molecule has 72 valence electrons. The van der Waals surface area contributed by atoms with Gasteiger partial charge in [0, 0.05) is 5.33 Å². The normalized spacial score (nSPS) is 10.9. The zero-order valence-electron chi connectivity index (χ0n) is 7.72. The van der Waals surface area contributed by atoms with E-state index in [1.165, 1.54) is 17.9 Å². The van der Waals surface area contributed by atoms with Crippen LogP contribution in [0.25, 0.3) is 0 Å². The summed E-state index contributed by atoms with van der Waals surface area (Å²) in [6.45, 7) is 0. The lowest BCUT2D eigenvalue weighted by Gasteiger charge is -2.02. The monoisotopic (exact) mass is 260 g/mol. The number of hydrogen-bond donors (Lipinski definition) is 0. The molecule has 1 nitrogen and oxygen atoms in total. The average molecular weight is 261 g/mol. The Morgan fingerprint density at radius 3 is 2.54 bits per heavy atom. The number of ether oxygens (including phenoxy) is 1. The van der Waals surface area contributed by atoms with E-state index in [0.717, 1.165) is 19.7 Å². The maximum Gasteiger partial charge on any atom is 0.118 e.